The van der Waals surface area contributed by atoms with Crippen LogP contribution in [-0.2, 0) is 12.2 Å². The van der Waals surface area contributed by atoms with Crippen LogP contribution in [0.4, 0.5) is 0 Å². The van der Waals surface area contributed by atoms with Gasteiger partial charge in [-0.3, -0.25) is 4.57 Å². The number of benzene rings is 1. The highest BCUT2D eigenvalue weighted by Crippen LogP contribution is 2.36. The van der Waals surface area contributed by atoms with E-state index in [4.69, 9.17) is 9.72 Å². The summed E-state index contributed by atoms with van der Waals surface area (Å²) in [7, 11) is 1.69. The molecular formula is C21H26N4OS2. The minimum Gasteiger partial charge on any atom is -0.497 e. The van der Waals surface area contributed by atoms with Gasteiger partial charge in [0.1, 0.15) is 5.75 Å². The van der Waals surface area contributed by atoms with Gasteiger partial charge in [-0.05, 0) is 43.5 Å². The molecule has 1 aliphatic carbocycles. The Morgan fingerprint density at radius 3 is 2.61 bits per heavy atom. The Bertz CT molecular complexity index is 898. The van der Waals surface area contributed by atoms with Crippen LogP contribution in [0.5, 0.6) is 5.75 Å². The fourth-order valence-electron chi connectivity index (χ4n) is 3.70. The second kappa shape index (κ2) is 9.09. The second-order valence-electron chi connectivity index (χ2n) is 7.07. The van der Waals surface area contributed by atoms with Gasteiger partial charge in [-0.2, -0.15) is 0 Å². The van der Waals surface area contributed by atoms with Crippen molar-refractivity contribution in [3.63, 3.8) is 0 Å². The van der Waals surface area contributed by atoms with Gasteiger partial charge in [-0.15, -0.1) is 21.5 Å². The molecule has 0 aliphatic heterocycles. The van der Waals surface area contributed by atoms with Crippen molar-refractivity contribution in [1.82, 2.24) is 19.7 Å². The summed E-state index contributed by atoms with van der Waals surface area (Å²) in [4.78, 5) is 4.70. The number of thiazole rings is 1. The predicted molar refractivity (Wildman–Crippen MR) is 115 cm³/mol. The van der Waals surface area contributed by atoms with Crippen molar-refractivity contribution in [3.8, 4) is 17.1 Å². The monoisotopic (exact) mass is 414 g/mol. The van der Waals surface area contributed by atoms with Gasteiger partial charge in [0.15, 0.2) is 11.0 Å². The molecule has 0 unspecified atom stereocenters. The van der Waals surface area contributed by atoms with E-state index in [0.29, 0.717) is 6.04 Å². The van der Waals surface area contributed by atoms with Gasteiger partial charge < -0.3 is 4.74 Å². The van der Waals surface area contributed by atoms with Crippen LogP contribution in [0.25, 0.3) is 11.4 Å². The maximum atomic E-state index is 5.30. The lowest BCUT2D eigenvalue weighted by Gasteiger charge is -2.25. The number of thioether (sulfide) groups is 1. The molecule has 0 radical (unpaired) electrons. The number of aromatic nitrogens is 4. The third-order valence-electron chi connectivity index (χ3n) is 5.20. The van der Waals surface area contributed by atoms with Gasteiger partial charge in [0.05, 0.1) is 17.8 Å². The number of nitrogens with zero attached hydrogens (tertiary/aromatic N) is 4. The largest absolute Gasteiger partial charge is 0.497 e. The number of ether oxygens (including phenoxy) is 1. The lowest BCUT2D eigenvalue weighted by atomic mass is 9.95. The summed E-state index contributed by atoms with van der Waals surface area (Å²) in [6.07, 6.45) is 7.28. The first-order chi connectivity index (χ1) is 13.8. The lowest BCUT2D eigenvalue weighted by molar-refractivity contribution is 0.339. The molecule has 2 aromatic heterocycles. The van der Waals surface area contributed by atoms with Gasteiger partial charge in [0, 0.05) is 22.7 Å². The Kier molecular flexibility index (Phi) is 6.32. The van der Waals surface area contributed by atoms with E-state index in [1.807, 2.05) is 12.1 Å². The van der Waals surface area contributed by atoms with Gasteiger partial charge in [0.25, 0.3) is 0 Å². The molecule has 2 heterocycles. The number of rotatable bonds is 7. The third-order valence-corrected chi connectivity index (χ3v) is 7.22. The summed E-state index contributed by atoms with van der Waals surface area (Å²) >= 11 is 3.49. The number of hydrogen-bond donors (Lipinski definition) is 0. The summed E-state index contributed by atoms with van der Waals surface area (Å²) < 4.78 is 7.68. The van der Waals surface area contributed by atoms with E-state index in [-0.39, 0.29) is 0 Å². The zero-order valence-electron chi connectivity index (χ0n) is 16.4. The molecule has 0 bridgehead atoms. The van der Waals surface area contributed by atoms with Crippen LogP contribution in [0.1, 0.15) is 55.8 Å². The van der Waals surface area contributed by atoms with Crippen LogP contribution in [0, 0.1) is 0 Å². The second-order valence-corrected chi connectivity index (χ2v) is 8.96. The fourth-order valence-corrected chi connectivity index (χ4v) is 5.45. The molecule has 0 spiro atoms. The minimum atomic E-state index is 0.477. The SMILES string of the molecule is CCc1nc(CSc2nnc(-c3ccc(OC)cc3)n2C2CCCCC2)cs1. The Labute approximate surface area is 174 Å². The van der Waals surface area contributed by atoms with Gasteiger partial charge in [0.2, 0.25) is 0 Å². The van der Waals surface area contributed by atoms with E-state index >= 15 is 0 Å². The van der Waals surface area contributed by atoms with Crippen molar-refractivity contribution in [2.75, 3.05) is 7.11 Å². The molecule has 0 amide bonds. The van der Waals surface area contributed by atoms with Crippen LogP contribution in [-0.4, -0.2) is 26.9 Å². The first-order valence-corrected chi connectivity index (χ1v) is 11.8. The predicted octanol–water partition coefficient (Wildman–Crippen LogP) is 5.77. The smallest absolute Gasteiger partial charge is 0.192 e. The van der Waals surface area contributed by atoms with E-state index in [9.17, 15) is 0 Å². The van der Waals surface area contributed by atoms with Crippen molar-refractivity contribution in [2.24, 2.45) is 0 Å². The van der Waals surface area contributed by atoms with E-state index < -0.39 is 0 Å². The average Bonchev–Trinajstić information content (AvgIpc) is 3.39. The summed E-state index contributed by atoms with van der Waals surface area (Å²) in [5.74, 6) is 2.66. The normalized spacial score (nSPS) is 15.1. The Hall–Kier alpha value is -1.86. The van der Waals surface area contributed by atoms with Crippen molar-refractivity contribution < 1.29 is 4.74 Å². The summed E-state index contributed by atoms with van der Waals surface area (Å²) in [6.45, 7) is 2.15. The quantitative estimate of drug-likeness (QED) is 0.459. The topological polar surface area (TPSA) is 52.8 Å². The number of aryl methyl sites for hydroxylation is 1. The Morgan fingerprint density at radius 1 is 1.14 bits per heavy atom. The Balaban J connectivity index is 1.62. The lowest BCUT2D eigenvalue weighted by Crippen LogP contribution is -2.15. The number of hydrogen-bond acceptors (Lipinski definition) is 6. The summed E-state index contributed by atoms with van der Waals surface area (Å²) in [5, 5.41) is 13.5. The van der Waals surface area contributed by atoms with Crippen LogP contribution in [0.2, 0.25) is 0 Å². The molecule has 28 heavy (non-hydrogen) atoms. The van der Waals surface area contributed by atoms with Gasteiger partial charge in [-0.1, -0.05) is 37.9 Å². The third kappa shape index (κ3) is 4.25. The fraction of sp³-hybridized carbons (Fsp3) is 0.476. The molecule has 0 N–H and O–H groups in total. The van der Waals surface area contributed by atoms with Crippen LogP contribution in [0.15, 0.2) is 34.8 Å². The van der Waals surface area contributed by atoms with Crippen molar-refractivity contribution in [3.05, 3.63) is 40.3 Å². The summed E-state index contributed by atoms with van der Waals surface area (Å²) in [6, 6.07) is 8.60. The van der Waals surface area contributed by atoms with E-state index in [1.165, 1.54) is 37.1 Å². The van der Waals surface area contributed by atoms with E-state index in [0.717, 1.165) is 40.2 Å². The van der Waals surface area contributed by atoms with Gasteiger partial charge in [-0.25, -0.2) is 4.98 Å². The summed E-state index contributed by atoms with van der Waals surface area (Å²) in [5.41, 5.74) is 2.23. The van der Waals surface area contributed by atoms with Gasteiger partial charge >= 0.3 is 0 Å². The van der Waals surface area contributed by atoms with E-state index in [2.05, 4.69) is 39.2 Å². The first kappa shape index (κ1) is 19.5. The molecule has 1 aliphatic rings. The Morgan fingerprint density at radius 2 is 1.93 bits per heavy atom. The van der Waals surface area contributed by atoms with Crippen molar-refractivity contribution in [2.45, 2.75) is 62.4 Å². The molecular weight excluding hydrogens is 388 g/mol. The molecule has 0 saturated heterocycles. The maximum absolute atomic E-state index is 5.30. The molecule has 3 aromatic rings. The highest BCUT2D eigenvalue weighted by molar-refractivity contribution is 7.98. The first-order valence-electron chi connectivity index (χ1n) is 9.94. The van der Waals surface area contributed by atoms with E-state index in [1.54, 1.807) is 30.2 Å². The number of methoxy groups -OCH3 is 1. The highest BCUT2D eigenvalue weighted by atomic mass is 32.2. The molecule has 4 rings (SSSR count). The maximum Gasteiger partial charge on any atom is 0.192 e. The zero-order valence-corrected chi connectivity index (χ0v) is 18.1. The molecule has 1 saturated carbocycles. The molecule has 1 fully saturated rings. The van der Waals surface area contributed by atoms with Crippen LogP contribution < -0.4 is 4.74 Å². The molecule has 1 aromatic carbocycles. The molecule has 7 heteroatoms. The highest BCUT2D eigenvalue weighted by Gasteiger charge is 2.24. The molecule has 0 atom stereocenters. The van der Waals surface area contributed by atoms with Crippen molar-refractivity contribution in [1.29, 1.82) is 0 Å². The van der Waals surface area contributed by atoms with Crippen LogP contribution in [0.3, 0.4) is 0 Å². The molecule has 148 valence electrons. The van der Waals surface area contributed by atoms with Crippen LogP contribution >= 0.6 is 23.1 Å². The average molecular weight is 415 g/mol. The zero-order chi connectivity index (χ0) is 19.3. The van der Waals surface area contributed by atoms with Crippen molar-refractivity contribution >= 4 is 23.1 Å². The minimum absolute atomic E-state index is 0.477. The standard InChI is InChI=1S/C21H26N4OS2/c1-3-19-22-16(13-27-19)14-28-21-24-23-20(15-9-11-18(26-2)12-10-15)25(21)17-7-5-4-6-8-17/h9-13,17H,3-8,14H2,1-2H3. The molecule has 5 nitrogen and oxygen atoms in total.